The Balaban J connectivity index is 2.57. The predicted octanol–water partition coefficient (Wildman–Crippen LogP) is 2.89. The molecule has 0 aliphatic carbocycles. The van der Waals surface area contributed by atoms with Gasteiger partial charge in [0.15, 0.2) is 0 Å². The highest BCUT2D eigenvalue weighted by Crippen LogP contribution is 2.42. The zero-order valence-electron chi connectivity index (χ0n) is 18.6. The molecule has 10 heteroatoms. The fraction of sp³-hybridized carbons (Fsp3) is 0.409. The molecule has 1 aromatic rings. The number of esters is 3. The second-order valence-electron chi connectivity index (χ2n) is 7.38. The van der Waals surface area contributed by atoms with Gasteiger partial charge in [0.2, 0.25) is 0 Å². The summed E-state index contributed by atoms with van der Waals surface area (Å²) in [6.07, 6.45) is -0.444. The molecule has 0 spiro atoms. The van der Waals surface area contributed by atoms with Gasteiger partial charge in [-0.1, -0.05) is 18.2 Å². The number of nitro groups is 1. The number of benzene rings is 1. The molecule has 0 fully saturated rings. The van der Waals surface area contributed by atoms with Crippen molar-refractivity contribution in [2.24, 2.45) is 0 Å². The lowest BCUT2D eigenvalue weighted by Gasteiger charge is -2.30. The van der Waals surface area contributed by atoms with Crippen molar-refractivity contribution in [1.29, 1.82) is 0 Å². The van der Waals surface area contributed by atoms with Gasteiger partial charge in [0, 0.05) is 29.9 Å². The summed E-state index contributed by atoms with van der Waals surface area (Å²) in [4.78, 5) is 48.0. The van der Waals surface area contributed by atoms with Gasteiger partial charge >= 0.3 is 17.9 Å². The molecule has 0 radical (unpaired) electrons. The van der Waals surface area contributed by atoms with Crippen molar-refractivity contribution in [3.63, 3.8) is 0 Å². The third-order valence-corrected chi connectivity index (χ3v) is 4.61. The minimum atomic E-state index is -1.09. The van der Waals surface area contributed by atoms with Crippen molar-refractivity contribution in [1.82, 2.24) is 5.32 Å². The maximum absolute atomic E-state index is 13.0. The van der Waals surface area contributed by atoms with Gasteiger partial charge in [0.05, 0.1) is 28.1 Å². The van der Waals surface area contributed by atoms with E-state index in [9.17, 15) is 24.5 Å². The molecular formula is C22H26N2O8. The average molecular weight is 446 g/mol. The smallest absolute Gasteiger partial charge is 0.337 e. The van der Waals surface area contributed by atoms with Crippen LogP contribution in [-0.2, 0) is 28.6 Å². The van der Waals surface area contributed by atoms with E-state index in [-0.39, 0.29) is 35.6 Å². The summed E-state index contributed by atoms with van der Waals surface area (Å²) >= 11 is 0. The number of dihydropyridines is 1. The highest BCUT2D eigenvalue weighted by Gasteiger charge is 2.41. The Morgan fingerprint density at radius 2 is 1.59 bits per heavy atom. The fourth-order valence-corrected chi connectivity index (χ4v) is 3.42. The lowest BCUT2D eigenvalue weighted by molar-refractivity contribution is -0.385. The predicted molar refractivity (Wildman–Crippen MR) is 113 cm³/mol. The number of carbonyl (C=O) groups excluding carboxylic acids is 3. The first-order valence-corrected chi connectivity index (χ1v) is 9.97. The molecule has 1 N–H and O–H groups in total. The number of ether oxygens (including phenoxy) is 3. The number of nitro benzene ring substituents is 1. The number of hydrogen-bond donors (Lipinski definition) is 1. The molecular weight excluding hydrogens is 420 g/mol. The van der Waals surface area contributed by atoms with Crippen LogP contribution in [0.3, 0.4) is 0 Å². The number of nitrogens with zero attached hydrogens (tertiary/aromatic N) is 1. The topological polar surface area (TPSA) is 134 Å². The maximum atomic E-state index is 13.0. The van der Waals surface area contributed by atoms with Gasteiger partial charge < -0.3 is 19.5 Å². The Morgan fingerprint density at radius 1 is 1.03 bits per heavy atom. The number of para-hydroxylation sites is 1. The molecule has 1 unspecified atom stereocenters. The molecule has 10 nitrogen and oxygen atoms in total. The minimum absolute atomic E-state index is 0.0310. The quantitative estimate of drug-likeness (QED) is 0.210. The zero-order valence-corrected chi connectivity index (χ0v) is 18.6. The monoisotopic (exact) mass is 446 g/mol. The molecule has 32 heavy (non-hydrogen) atoms. The van der Waals surface area contributed by atoms with Gasteiger partial charge in [0.1, 0.15) is 13.2 Å². The lowest BCUT2D eigenvalue weighted by atomic mass is 9.79. The van der Waals surface area contributed by atoms with Crippen LogP contribution in [0, 0.1) is 10.1 Å². The third kappa shape index (κ3) is 5.71. The average Bonchev–Trinajstić information content (AvgIpc) is 2.69. The summed E-state index contributed by atoms with van der Waals surface area (Å²) in [5.41, 5.74) is 0.798. The molecule has 1 atom stereocenters. The van der Waals surface area contributed by atoms with Crippen LogP contribution in [0.4, 0.5) is 5.69 Å². The van der Waals surface area contributed by atoms with Gasteiger partial charge in [-0.3, -0.25) is 14.9 Å². The Hall–Kier alpha value is -3.69. The van der Waals surface area contributed by atoms with Gasteiger partial charge in [-0.2, -0.15) is 0 Å². The minimum Gasteiger partial charge on any atom is -0.462 e. The fourth-order valence-electron chi connectivity index (χ4n) is 3.42. The summed E-state index contributed by atoms with van der Waals surface area (Å²) in [5, 5.41) is 14.7. The highest BCUT2D eigenvalue weighted by atomic mass is 16.6. The molecule has 0 saturated carbocycles. The first kappa shape index (κ1) is 24.6. The van der Waals surface area contributed by atoms with E-state index in [0.717, 1.165) is 0 Å². The van der Waals surface area contributed by atoms with E-state index in [1.807, 2.05) is 0 Å². The van der Waals surface area contributed by atoms with Crippen LogP contribution < -0.4 is 5.32 Å². The highest BCUT2D eigenvalue weighted by molar-refractivity contribution is 6.00. The van der Waals surface area contributed by atoms with E-state index in [1.54, 1.807) is 33.8 Å². The van der Waals surface area contributed by atoms with E-state index in [1.165, 1.54) is 25.1 Å². The van der Waals surface area contributed by atoms with Crippen LogP contribution >= 0.6 is 0 Å². The molecule has 0 bridgehead atoms. The van der Waals surface area contributed by atoms with Crippen molar-refractivity contribution in [2.45, 2.75) is 46.6 Å². The molecule has 1 heterocycles. The number of nitrogens with one attached hydrogen (secondary N) is 1. The van der Waals surface area contributed by atoms with E-state index in [0.29, 0.717) is 11.4 Å². The van der Waals surface area contributed by atoms with Gasteiger partial charge in [-0.25, -0.2) is 9.59 Å². The van der Waals surface area contributed by atoms with Crippen LogP contribution in [0.1, 0.15) is 46.1 Å². The van der Waals surface area contributed by atoms with Crippen molar-refractivity contribution in [2.75, 3.05) is 13.2 Å². The van der Waals surface area contributed by atoms with E-state index >= 15 is 0 Å². The van der Waals surface area contributed by atoms with Gasteiger partial charge in [-0.05, 0) is 27.7 Å². The van der Waals surface area contributed by atoms with Crippen LogP contribution in [-0.4, -0.2) is 42.1 Å². The summed E-state index contributed by atoms with van der Waals surface area (Å²) in [6, 6.07) is 5.88. The van der Waals surface area contributed by atoms with Crippen molar-refractivity contribution in [3.8, 4) is 0 Å². The lowest BCUT2D eigenvalue weighted by Crippen LogP contribution is -2.33. The van der Waals surface area contributed by atoms with Crippen molar-refractivity contribution >= 4 is 23.6 Å². The van der Waals surface area contributed by atoms with Crippen LogP contribution in [0.2, 0.25) is 0 Å². The summed E-state index contributed by atoms with van der Waals surface area (Å²) in [7, 11) is 0. The summed E-state index contributed by atoms with van der Waals surface area (Å²) in [5.74, 6) is -3.12. The van der Waals surface area contributed by atoms with Crippen molar-refractivity contribution in [3.05, 3.63) is 62.5 Å². The SMILES string of the molecule is CC(=O)OCCOC(=O)C1=C(C)NC(C)=C(C(=O)OC(C)C)C1c1ccccc1[N+](=O)[O-]. The molecule has 2 rings (SSSR count). The van der Waals surface area contributed by atoms with Crippen molar-refractivity contribution < 1.29 is 33.5 Å². The molecule has 1 aliphatic heterocycles. The van der Waals surface area contributed by atoms with Gasteiger partial charge in [-0.15, -0.1) is 0 Å². The summed E-state index contributed by atoms with van der Waals surface area (Å²) < 4.78 is 15.4. The number of rotatable bonds is 8. The maximum Gasteiger partial charge on any atom is 0.337 e. The zero-order chi connectivity index (χ0) is 24.0. The standard InChI is InChI=1S/C22H26N2O8/c1-12(2)32-22(27)19-14(4)23-13(3)18(21(26)31-11-10-30-15(5)25)20(19)16-8-6-7-9-17(16)24(28)29/h6-9,12,20,23H,10-11H2,1-5H3. The third-order valence-electron chi connectivity index (χ3n) is 4.61. The van der Waals surface area contributed by atoms with Crippen LogP contribution in [0.15, 0.2) is 46.8 Å². The van der Waals surface area contributed by atoms with E-state index in [4.69, 9.17) is 14.2 Å². The molecule has 172 valence electrons. The number of carbonyl (C=O) groups is 3. The molecule has 1 aliphatic rings. The Kier molecular flexibility index (Phi) is 8.11. The van der Waals surface area contributed by atoms with Crippen LogP contribution in [0.25, 0.3) is 0 Å². The van der Waals surface area contributed by atoms with Crippen LogP contribution in [0.5, 0.6) is 0 Å². The summed E-state index contributed by atoms with van der Waals surface area (Å²) in [6.45, 7) is 7.46. The number of allylic oxidation sites excluding steroid dienone is 2. The van der Waals surface area contributed by atoms with Gasteiger partial charge in [0.25, 0.3) is 5.69 Å². The first-order chi connectivity index (χ1) is 15.0. The molecule has 0 amide bonds. The Morgan fingerprint density at radius 3 is 2.16 bits per heavy atom. The molecule has 0 saturated heterocycles. The second-order valence-corrected chi connectivity index (χ2v) is 7.38. The molecule has 0 aromatic heterocycles. The van der Waals surface area contributed by atoms with E-state index < -0.39 is 34.9 Å². The molecule has 1 aromatic carbocycles. The number of hydrogen-bond acceptors (Lipinski definition) is 9. The second kappa shape index (κ2) is 10.6. The van der Waals surface area contributed by atoms with E-state index in [2.05, 4.69) is 5.32 Å². The Labute approximate surface area is 185 Å². The first-order valence-electron chi connectivity index (χ1n) is 9.97. The normalized spacial score (nSPS) is 15.9. The Bertz CT molecular complexity index is 993. The largest absolute Gasteiger partial charge is 0.462 e.